The molecular formula is C20H34F3IN4O. The van der Waals surface area contributed by atoms with Crippen LogP contribution in [0.25, 0.3) is 0 Å². The average molecular weight is 530 g/mol. The van der Waals surface area contributed by atoms with E-state index in [1.54, 1.807) is 12.1 Å². The monoisotopic (exact) mass is 530 g/mol. The fourth-order valence-corrected chi connectivity index (χ4v) is 2.59. The number of guanidine groups is 1. The summed E-state index contributed by atoms with van der Waals surface area (Å²) in [5.41, 5.74) is 1.69. The molecule has 0 saturated carbocycles. The fourth-order valence-electron chi connectivity index (χ4n) is 2.59. The van der Waals surface area contributed by atoms with E-state index >= 15 is 0 Å². The summed E-state index contributed by atoms with van der Waals surface area (Å²) in [6, 6.07) is 7.26. The van der Waals surface area contributed by atoms with Crippen molar-refractivity contribution in [3.63, 3.8) is 0 Å². The molecule has 168 valence electrons. The number of aliphatic imine (C=N–C) groups is 1. The highest BCUT2D eigenvalue weighted by molar-refractivity contribution is 14.0. The van der Waals surface area contributed by atoms with Gasteiger partial charge in [-0.2, -0.15) is 13.2 Å². The standard InChI is InChI=1S/C20H33F3N4O.HI/c1-4-24-19(25-12-7-13-27(5-2)6-3)26-14-17-8-10-18(11-9-17)15-28-16-20(21,22)23;/h8-11H,4-7,12-16H2,1-3H3,(H2,24,25,26);1H. The third kappa shape index (κ3) is 13.7. The minimum absolute atomic E-state index is 0. The van der Waals surface area contributed by atoms with E-state index in [0.717, 1.165) is 50.7 Å². The Kier molecular flexibility index (Phi) is 15.1. The van der Waals surface area contributed by atoms with Crippen LogP contribution in [0.1, 0.15) is 38.3 Å². The molecule has 0 fully saturated rings. The molecule has 29 heavy (non-hydrogen) atoms. The zero-order valence-electron chi connectivity index (χ0n) is 17.5. The number of benzene rings is 1. The van der Waals surface area contributed by atoms with Crippen LogP contribution in [0.4, 0.5) is 13.2 Å². The van der Waals surface area contributed by atoms with Gasteiger partial charge in [0.25, 0.3) is 0 Å². The van der Waals surface area contributed by atoms with Crippen LogP contribution in [0.3, 0.4) is 0 Å². The molecule has 0 aromatic heterocycles. The van der Waals surface area contributed by atoms with Gasteiger partial charge in [0.1, 0.15) is 6.61 Å². The lowest BCUT2D eigenvalue weighted by atomic mass is 10.1. The third-order valence-corrected chi connectivity index (χ3v) is 4.16. The van der Waals surface area contributed by atoms with E-state index in [1.807, 2.05) is 19.1 Å². The van der Waals surface area contributed by atoms with Crippen molar-refractivity contribution in [2.24, 2.45) is 4.99 Å². The van der Waals surface area contributed by atoms with Gasteiger partial charge in [-0.3, -0.25) is 0 Å². The Hall–Kier alpha value is -1.07. The fraction of sp³-hybridized carbons (Fsp3) is 0.650. The van der Waals surface area contributed by atoms with Gasteiger partial charge >= 0.3 is 6.18 Å². The van der Waals surface area contributed by atoms with Crippen LogP contribution in [-0.2, 0) is 17.9 Å². The second-order valence-corrected chi connectivity index (χ2v) is 6.43. The Bertz CT molecular complexity index is 564. The van der Waals surface area contributed by atoms with Crippen LogP contribution in [0.2, 0.25) is 0 Å². The first kappa shape index (κ1) is 27.9. The van der Waals surface area contributed by atoms with Gasteiger partial charge in [-0.1, -0.05) is 38.1 Å². The minimum Gasteiger partial charge on any atom is -0.367 e. The second-order valence-electron chi connectivity index (χ2n) is 6.43. The molecule has 0 unspecified atom stereocenters. The summed E-state index contributed by atoms with van der Waals surface area (Å²) < 4.78 is 40.9. The number of hydrogen-bond donors (Lipinski definition) is 2. The second kappa shape index (κ2) is 15.7. The molecule has 0 atom stereocenters. The normalized spacial score (nSPS) is 12.0. The van der Waals surface area contributed by atoms with E-state index in [0.29, 0.717) is 12.1 Å². The number of rotatable bonds is 12. The van der Waals surface area contributed by atoms with E-state index in [-0.39, 0.29) is 30.6 Å². The van der Waals surface area contributed by atoms with Gasteiger partial charge < -0.3 is 20.3 Å². The van der Waals surface area contributed by atoms with Crippen LogP contribution in [-0.4, -0.2) is 56.4 Å². The lowest BCUT2D eigenvalue weighted by Crippen LogP contribution is -2.38. The number of hydrogen-bond acceptors (Lipinski definition) is 3. The highest BCUT2D eigenvalue weighted by Crippen LogP contribution is 2.16. The average Bonchev–Trinajstić information content (AvgIpc) is 2.66. The van der Waals surface area contributed by atoms with Crippen molar-refractivity contribution in [1.82, 2.24) is 15.5 Å². The number of nitrogens with one attached hydrogen (secondary N) is 2. The first-order valence-electron chi connectivity index (χ1n) is 9.84. The Morgan fingerprint density at radius 1 is 1.03 bits per heavy atom. The number of ether oxygens (including phenoxy) is 1. The van der Waals surface area contributed by atoms with E-state index in [4.69, 9.17) is 0 Å². The molecule has 2 N–H and O–H groups in total. The van der Waals surface area contributed by atoms with E-state index in [9.17, 15) is 13.2 Å². The van der Waals surface area contributed by atoms with Crippen molar-refractivity contribution in [1.29, 1.82) is 0 Å². The topological polar surface area (TPSA) is 48.9 Å². The quantitative estimate of drug-likeness (QED) is 0.184. The Morgan fingerprint density at radius 3 is 2.21 bits per heavy atom. The van der Waals surface area contributed by atoms with E-state index < -0.39 is 12.8 Å². The number of halogens is 4. The van der Waals surface area contributed by atoms with Gasteiger partial charge in [0.05, 0.1) is 13.2 Å². The Labute approximate surface area is 189 Å². The molecule has 0 aliphatic heterocycles. The molecule has 0 amide bonds. The van der Waals surface area contributed by atoms with Crippen molar-refractivity contribution >= 4 is 29.9 Å². The molecule has 0 saturated heterocycles. The predicted molar refractivity (Wildman–Crippen MR) is 123 cm³/mol. The van der Waals surface area contributed by atoms with Gasteiger partial charge in [0.2, 0.25) is 0 Å². The van der Waals surface area contributed by atoms with Crippen molar-refractivity contribution < 1.29 is 17.9 Å². The molecule has 1 aromatic rings. The zero-order chi connectivity index (χ0) is 20.8. The Morgan fingerprint density at radius 2 is 1.66 bits per heavy atom. The molecule has 0 aliphatic rings. The SMILES string of the molecule is CCNC(=NCc1ccc(COCC(F)(F)F)cc1)NCCCN(CC)CC.I. The first-order chi connectivity index (χ1) is 13.4. The van der Waals surface area contributed by atoms with Crippen LogP contribution in [0, 0.1) is 0 Å². The van der Waals surface area contributed by atoms with Crippen molar-refractivity contribution in [2.45, 2.75) is 46.5 Å². The first-order valence-corrected chi connectivity index (χ1v) is 9.84. The molecular weight excluding hydrogens is 496 g/mol. The van der Waals surface area contributed by atoms with Crippen LogP contribution in [0.5, 0.6) is 0 Å². The summed E-state index contributed by atoms with van der Waals surface area (Å²) in [6.45, 7) is 10.3. The molecule has 1 rings (SSSR count). The summed E-state index contributed by atoms with van der Waals surface area (Å²) >= 11 is 0. The number of alkyl halides is 3. The molecule has 0 radical (unpaired) electrons. The van der Waals surface area contributed by atoms with E-state index in [1.165, 1.54) is 0 Å². The molecule has 0 aliphatic carbocycles. The van der Waals surface area contributed by atoms with Gasteiger partial charge in [-0.05, 0) is 44.1 Å². The van der Waals surface area contributed by atoms with Gasteiger partial charge in [-0.15, -0.1) is 24.0 Å². The maximum atomic E-state index is 12.1. The molecule has 0 spiro atoms. The lowest BCUT2D eigenvalue weighted by molar-refractivity contribution is -0.176. The molecule has 0 heterocycles. The summed E-state index contributed by atoms with van der Waals surface area (Å²) in [6.07, 6.45) is -3.26. The minimum atomic E-state index is -4.30. The van der Waals surface area contributed by atoms with Crippen molar-refractivity contribution in [3.8, 4) is 0 Å². The van der Waals surface area contributed by atoms with Gasteiger partial charge in [-0.25, -0.2) is 4.99 Å². The third-order valence-electron chi connectivity index (χ3n) is 4.16. The van der Waals surface area contributed by atoms with Crippen LogP contribution in [0.15, 0.2) is 29.3 Å². The smallest absolute Gasteiger partial charge is 0.367 e. The Balaban J connectivity index is 0.00000784. The summed E-state index contributed by atoms with van der Waals surface area (Å²) in [7, 11) is 0. The largest absolute Gasteiger partial charge is 0.411 e. The van der Waals surface area contributed by atoms with Crippen molar-refractivity contribution in [3.05, 3.63) is 35.4 Å². The predicted octanol–water partition coefficient (Wildman–Crippen LogP) is 4.17. The zero-order valence-corrected chi connectivity index (χ0v) is 19.8. The molecule has 5 nitrogen and oxygen atoms in total. The highest BCUT2D eigenvalue weighted by atomic mass is 127. The summed E-state index contributed by atoms with van der Waals surface area (Å²) in [5.74, 6) is 0.764. The van der Waals surface area contributed by atoms with Gasteiger partial charge in [0, 0.05) is 13.1 Å². The van der Waals surface area contributed by atoms with Crippen LogP contribution >= 0.6 is 24.0 Å². The maximum absolute atomic E-state index is 12.1. The molecule has 9 heteroatoms. The van der Waals surface area contributed by atoms with Crippen molar-refractivity contribution in [2.75, 3.05) is 39.3 Å². The lowest BCUT2D eigenvalue weighted by Gasteiger charge is -2.18. The summed E-state index contributed by atoms with van der Waals surface area (Å²) in [4.78, 5) is 6.95. The molecule has 1 aromatic carbocycles. The van der Waals surface area contributed by atoms with Crippen LogP contribution < -0.4 is 10.6 Å². The highest BCUT2D eigenvalue weighted by Gasteiger charge is 2.27. The number of nitrogens with zero attached hydrogens (tertiary/aromatic N) is 2. The molecule has 0 bridgehead atoms. The maximum Gasteiger partial charge on any atom is 0.411 e. The summed E-state index contributed by atoms with van der Waals surface area (Å²) in [5, 5.41) is 6.55. The van der Waals surface area contributed by atoms with Gasteiger partial charge in [0.15, 0.2) is 5.96 Å². The van der Waals surface area contributed by atoms with E-state index in [2.05, 4.69) is 39.1 Å².